The quantitative estimate of drug-likeness (QED) is 0.674. The third-order valence-electron chi connectivity index (χ3n) is 4.53. The molecule has 0 bridgehead atoms. The SMILES string of the molecule is Cc1n[nH]cc1-c1c[c]cc(OCCNC(=O)CC2CCNCC2)c1. The lowest BCUT2D eigenvalue weighted by Gasteiger charge is -2.21. The van der Waals surface area contributed by atoms with Crippen molar-refractivity contribution in [2.45, 2.75) is 26.2 Å². The fourth-order valence-corrected chi connectivity index (χ4v) is 3.12. The molecule has 0 saturated carbocycles. The van der Waals surface area contributed by atoms with Crippen LogP contribution < -0.4 is 15.4 Å². The molecule has 1 aliphatic heterocycles. The summed E-state index contributed by atoms with van der Waals surface area (Å²) in [5, 5.41) is 13.3. The highest BCUT2D eigenvalue weighted by Crippen LogP contribution is 2.25. The molecule has 1 aromatic carbocycles. The van der Waals surface area contributed by atoms with E-state index in [0.29, 0.717) is 25.5 Å². The molecular weight excluding hydrogens is 316 g/mol. The maximum Gasteiger partial charge on any atom is 0.220 e. The number of H-pyrrole nitrogens is 1. The van der Waals surface area contributed by atoms with Crippen LogP contribution in [0.15, 0.2) is 24.4 Å². The second-order valence-corrected chi connectivity index (χ2v) is 6.44. The Bertz CT molecular complexity index is 692. The molecule has 1 aliphatic rings. The van der Waals surface area contributed by atoms with E-state index >= 15 is 0 Å². The van der Waals surface area contributed by atoms with Crippen LogP contribution in [0.1, 0.15) is 25.0 Å². The number of piperidine rings is 1. The Hall–Kier alpha value is -2.34. The minimum Gasteiger partial charge on any atom is -0.492 e. The van der Waals surface area contributed by atoms with Crippen molar-refractivity contribution < 1.29 is 9.53 Å². The second kappa shape index (κ2) is 8.67. The van der Waals surface area contributed by atoms with Crippen LogP contribution in [0.2, 0.25) is 0 Å². The zero-order chi connectivity index (χ0) is 17.5. The number of rotatable bonds is 7. The van der Waals surface area contributed by atoms with E-state index in [4.69, 9.17) is 4.74 Å². The standard InChI is InChI=1S/C19H25N4O2/c1-14-18(13-22-23-14)16-3-2-4-17(12-16)25-10-9-21-19(24)11-15-5-7-20-8-6-15/h3-4,12-13,15,20H,5-11H2,1H3,(H,21,24)(H,22,23). The molecule has 3 rings (SSSR count). The molecule has 133 valence electrons. The molecule has 1 amide bonds. The average molecular weight is 341 g/mol. The lowest BCUT2D eigenvalue weighted by molar-refractivity contribution is -0.122. The summed E-state index contributed by atoms with van der Waals surface area (Å²) in [6, 6.07) is 8.76. The van der Waals surface area contributed by atoms with Crippen molar-refractivity contribution in [3.63, 3.8) is 0 Å². The number of ether oxygens (including phenoxy) is 1. The summed E-state index contributed by atoms with van der Waals surface area (Å²) >= 11 is 0. The van der Waals surface area contributed by atoms with Gasteiger partial charge in [-0.1, -0.05) is 0 Å². The molecular formula is C19H25N4O2. The molecule has 0 aliphatic carbocycles. The predicted octanol–water partition coefficient (Wildman–Crippen LogP) is 2.07. The van der Waals surface area contributed by atoms with E-state index in [1.54, 1.807) is 6.07 Å². The molecule has 1 saturated heterocycles. The zero-order valence-electron chi connectivity index (χ0n) is 14.6. The summed E-state index contributed by atoms with van der Waals surface area (Å²) in [6.07, 6.45) is 4.65. The van der Waals surface area contributed by atoms with Gasteiger partial charge in [0.2, 0.25) is 5.91 Å². The van der Waals surface area contributed by atoms with Crippen molar-refractivity contribution in [1.29, 1.82) is 0 Å². The lowest BCUT2D eigenvalue weighted by atomic mass is 9.94. The first-order chi connectivity index (χ1) is 12.2. The van der Waals surface area contributed by atoms with Crippen molar-refractivity contribution in [3.8, 4) is 16.9 Å². The molecule has 2 aromatic rings. The molecule has 0 unspecified atom stereocenters. The number of amides is 1. The second-order valence-electron chi connectivity index (χ2n) is 6.44. The van der Waals surface area contributed by atoms with E-state index in [0.717, 1.165) is 48.5 Å². The van der Waals surface area contributed by atoms with Gasteiger partial charge in [-0.2, -0.15) is 5.10 Å². The van der Waals surface area contributed by atoms with Crippen molar-refractivity contribution in [1.82, 2.24) is 20.8 Å². The third kappa shape index (κ3) is 5.06. The van der Waals surface area contributed by atoms with Crippen LogP contribution in [0.5, 0.6) is 5.75 Å². The number of hydrogen-bond acceptors (Lipinski definition) is 4. The number of benzene rings is 1. The number of nitrogens with one attached hydrogen (secondary N) is 3. The lowest BCUT2D eigenvalue weighted by Crippen LogP contribution is -2.33. The Kier molecular flexibility index (Phi) is 6.06. The van der Waals surface area contributed by atoms with Crippen LogP contribution in [-0.4, -0.2) is 42.3 Å². The summed E-state index contributed by atoms with van der Waals surface area (Å²) in [5.74, 6) is 1.36. The maximum absolute atomic E-state index is 12.0. The van der Waals surface area contributed by atoms with Crippen molar-refractivity contribution in [2.75, 3.05) is 26.2 Å². The molecule has 0 spiro atoms. The van der Waals surface area contributed by atoms with Gasteiger partial charge in [0.15, 0.2) is 0 Å². The molecule has 1 radical (unpaired) electrons. The van der Waals surface area contributed by atoms with Crippen molar-refractivity contribution in [2.24, 2.45) is 5.92 Å². The summed E-state index contributed by atoms with van der Waals surface area (Å²) < 4.78 is 5.74. The largest absolute Gasteiger partial charge is 0.492 e. The molecule has 6 nitrogen and oxygen atoms in total. The number of aromatic nitrogens is 2. The number of carbonyl (C=O) groups excluding carboxylic acids is 1. The van der Waals surface area contributed by atoms with Gasteiger partial charge in [-0.05, 0) is 68.6 Å². The minimum atomic E-state index is 0.116. The Balaban J connectivity index is 1.41. The van der Waals surface area contributed by atoms with E-state index in [2.05, 4.69) is 26.9 Å². The molecule has 0 atom stereocenters. The van der Waals surface area contributed by atoms with Gasteiger partial charge in [-0.25, -0.2) is 0 Å². The van der Waals surface area contributed by atoms with Gasteiger partial charge in [-0.3, -0.25) is 9.89 Å². The highest BCUT2D eigenvalue weighted by molar-refractivity contribution is 5.76. The fourth-order valence-electron chi connectivity index (χ4n) is 3.12. The van der Waals surface area contributed by atoms with Crippen LogP contribution in [-0.2, 0) is 4.79 Å². The summed E-state index contributed by atoms with van der Waals surface area (Å²) in [6.45, 7) is 4.95. The number of nitrogens with zero attached hydrogens (tertiary/aromatic N) is 1. The number of carbonyl (C=O) groups is 1. The molecule has 6 heteroatoms. The third-order valence-corrected chi connectivity index (χ3v) is 4.53. The molecule has 1 aromatic heterocycles. The van der Waals surface area contributed by atoms with Gasteiger partial charge in [0.25, 0.3) is 0 Å². The normalized spacial score (nSPS) is 15.1. The van der Waals surface area contributed by atoms with E-state index in [9.17, 15) is 4.79 Å². The molecule has 3 N–H and O–H groups in total. The number of aryl methyl sites for hydroxylation is 1. The smallest absolute Gasteiger partial charge is 0.220 e. The Labute approximate surface area is 148 Å². The van der Waals surface area contributed by atoms with Crippen molar-refractivity contribution >= 4 is 5.91 Å². The van der Waals surface area contributed by atoms with Crippen LogP contribution in [0.25, 0.3) is 11.1 Å². The van der Waals surface area contributed by atoms with Crippen LogP contribution in [0.3, 0.4) is 0 Å². The summed E-state index contributed by atoms with van der Waals surface area (Å²) in [7, 11) is 0. The first kappa shape index (κ1) is 17.5. The Morgan fingerprint density at radius 1 is 1.40 bits per heavy atom. The van der Waals surface area contributed by atoms with Gasteiger partial charge in [0, 0.05) is 18.2 Å². The van der Waals surface area contributed by atoms with Crippen LogP contribution >= 0.6 is 0 Å². The van der Waals surface area contributed by atoms with E-state index in [1.165, 1.54) is 0 Å². The number of hydrogen-bond donors (Lipinski definition) is 3. The predicted molar refractivity (Wildman–Crippen MR) is 96.3 cm³/mol. The first-order valence-corrected chi connectivity index (χ1v) is 8.84. The zero-order valence-corrected chi connectivity index (χ0v) is 14.6. The van der Waals surface area contributed by atoms with Gasteiger partial charge in [0.05, 0.1) is 12.2 Å². The topological polar surface area (TPSA) is 79.0 Å². The van der Waals surface area contributed by atoms with E-state index in [1.807, 2.05) is 25.3 Å². The molecule has 2 heterocycles. The summed E-state index contributed by atoms with van der Waals surface area (Å²) in [5.41, 5.74) is 2.99. The molecule has 1 fully saturated rings. The highest BCUT2D eigenvalue weighted by atomic mass is 16.5. The molecule has 25 heavy (non-hydrogen) atoms. The number of aromatic amines is 1. The van der Waals surface area contributed by atoms with Crippen LogP contribution in [0.4, 0.5) is 0 Å². The van der Waals surface area contributed by atoms with Gasteiger partial charge in [-0.15, -0.1) is 0 Å². The summed E-state index contributed by atoms with van der Waals surface area (Å²) in [4.78, 5) is 12.0. The first-order valence-electron chi connectivity index (χ1n) is 8.84. The van der Waals surface area contributed by atoms with Gasteiger partial charge >= 0.3 is 0 Å². The van der Waals surface area contributed by atoms with Gasteiger partial charge in [0.1, 0.15) is 12.4 Å². The Morgan fingerprint density at radius 2 is 2.24 bits per heavy atom. The van der Waals surface area contributed by atoms with Crippen LogP contribution in [0, 0.1) is 18.9 Å². The van der Waals surface area contributed by atoms with Crippen molar-refractivity contribution in [3.05, 3.63) is 36.2 Å². The van der Waals surface area contributed by atoms with E-state index in [-0.39, 0.29) is 5.91 Å². The van der Waals surface area contributed by atoms with E-state index < -0.39 is 0 Å². The maximum atomic E-state index is 12.0. The van der Waals surface area contributed by atoms with Gasteiger partial charge < -0.3 is 15.4 Å². The Morgan fingerprint density at radius 3 is 3.00 bits per heavy atom. The minimum absolute atomic E-state index is 0.116. The average Bonchev–Trinajstić information content (AvgIpc) is 3.06. The highest BCUT2D eigenvalue weighted by Gasteiger charge is 2.16. The monoisotopic (exact) mass is 341 g/mol. The fraction of sp³-hybridized carbons (Fsp3) is 0.474.